The Labute approximate surface area is 155 Å². The molecule has 0 spiro atoms. The molecule has 0 saturated heterocycles. The van der Waals surface area contributed by atoms with Crippen molar-refractivity contribution in [1.29, 1.82) is 0 Å². The molecule has 27 heavy (non-hydrogen) atoms. The van der Waals surface area contributed by atoms with Gasteiger partial charge in [0.1, 0.15) is 5.82 Å². The fourth-order valence-corrected chi connectivity index (χ4v) is 2.47. The molecule has 1 aromatic carbocycles. The molecule has 142 valence electrons. The predicted molar refractivity (Wildman–Crippen MR) is 95.9 cm³/mol. The Kier molecular flexibility index (Phi) is 5.63. The molecule has 0 unspecified atom stereocenters. The Morgan fingerprint density at radius 1 is 1.33 bits per heavy atom. The lowest BCUT2D eigenvalue weighted by Gasteiger charge is -2.15. The van der Waals surface area contributed by atoms with Crippen LogP contribution in [0.25, 0.3) is 6.08 Å². The Bertz CT molecular complexity index is 842. The maximum absolute atomic E-state index is 12.8. The van der Waals surface area contributed by atoms with Crippen molar-refractivity contribution in [3.8, 4) is 0 Å². The van der Waals surface area contributed by atoms with Crippen molar-refractivity contribution in [2.45, 2.75) is 32.0 Å². The number of likely N-dealkylation sites (N-methyl/N-ethyl adjacent to an activating group) is 1. The highest BCUT2D eigenvalue weighted by Crippen LogP contribution is 2.19. The van der Waals surface area contributed by atoms with E-state index in [1.165, 1.54) is 30.4 Å². The molecule has 0 atom stereocenters. The summed E-state index contributed by atoms with van der Waals surface area (Å²) in [7, 11) is 1.52. The number of nitrogens with one attached hydrogen (secondary N) is 1. The smallest absolute Gasteiger partial charge is 0.319 e. The van der Waals surface area contributed by atoms with E-state index in [4.69, 9.17) is 0 Å². The Morgan fingerprint density at radius 2 is 2.04 bits per heavy atom. The van der Waals surface area contributed by atoms with Gasteiger partial charge in [-0.2, -0.15) is 8.78 Å². The number of alkyl halides is 2. The average molecular weight is 374 g/mol. The molecule has 0 radical (unpaired) electrons. The third-order valence-electron chi connectivity index (χ3n) is 4.22. The van der Waals surface area contributed by atoms with Crippen molar-refractivity contribution in [1.82, 2.24) is 19.8 Å². The summed E-state index contributed by atoms with van der Waals surface area (Å²) < 4.78 is 26.4. The highest BCUT2D eigenvalue weighted by atomic mass is 19.3. The van der Waals surface area contributed by atoms with E-state index in [1.807, 2.05) is 0 Å². The van der Waals surface area contributed by atoms with Crippen LogP contribution in [0.4, 0.5) is 8.78 Å². The maximum Gasteiger partial charge on any atom is 0.319 e. The second-order valence-corrected chi connectivity index (χ2v) is 6.43. The molecule has 3 rings (SSSR count). The number of imidazole rings is 1. The van der Waals surface area contributed by atoms with Gasteiger partial charge in [0.2, 0.25) is 5.91 Å². The van der Waals surface area contributed by atoms with Crippen molar-refractivity contribution >= 4 is 17.9 Å². The van der Waals surface area contributed by atoms with Crippen molar-refractivity contribution in [3.63, 3.8) is 0 Å². The van der Waals surface area contributed by atoms with Gasteiger partial charge in [0.25, 0.3) is 5.91 Å². The first-order chi connectivity index (χ1) is 12.9. The number of carbonyl (C=O) groups is 2. The van der Waals surface area contributed by atoms with Gasteiger partial charge in [-0.25, -0.2) is 4.98 Å². The van der Waals surface area contributed by atoms with E-state index in [-0.39, 0.29) is 24.2 Å². The zero-order chi connectivity index (χ0) is 19.4. The van der Waals surface area contributed by atoms with Crippen LogP contribution >= 0.6 is 0 Å². The van der Waals surface area contributed by atoms with E-state index in [1.54, 1.807) is 30.3 Å². The molecule has 6 nitrogen and oxygen atoms in total. The van der Waals surface area contributed by atoms with Crippen molar-refractivity contribution in [2.75, 3.05) is 7.05 Å². The second kappa shape index (κ2) is 8.11. The number of aromatic nitrogens is 2. The minimum Gasteiger partial charge on any atom is -0.349 e. The van der Waals surface area contributed by atoms with Crippen LogP contribution in [-0.4, -0.2) is 39.4 Å². The quantitative estimate of drug-likeness (QED) is 0.758. The first-order valence-electron chi connectivity index (χ1n) is 8.58. The summed E-state index contributed by atoms with van der Waals surface area (Å²) in [6.45, 7) is -2.72. The minimum atomic E-state index is -2.70. The number of halogens is 2. The molecule has 1 aromatic heterocycles. The number of nitrogens with zero attached hydrogens (tertiary/aromatic N) is 3. The summed E-state index contributed by atoms with van der Waals surface area (Å²) in [5, 5.41) is 2.91. The number of hydrogen-bond acceptors (Lipinski definition) is 3. The molecule has 1 saturated carbocycles. The molecule has 1 fully saturated rings. The third kappa shape index (κ3) is 4.99. The molecule has 1 N–H and O–H groups in total. The van der Waals surface area contributed by atoms with Gasteiger partial charge < -0.3 is 10.2 Å². The van der Waals surface area contributed by atoms with Crippen LogP contribution in [0.3, 0.4) is 0 Å². The molecule has 0 aliphatic heterocycles. The summed E-state index contributed by atoms with van der Waals surface area (Å²) in [6, 6.07) is 7.19. The SMILES string of the molecule is CN(Cc1nccn1C(F)F)C(=O)/C=C/c1ccc(C(=O)NC2CC2)cc1. The Balaban J connectivity index is 1.56. The lowest BCUT2D eigenvalue weighted by Crippen LogP contribution is -2.26. The fraction of sp³-hybridized carbons (Fsp3) is 0.316. The summed E-state index contributed by atoms with van der Waals surface area (Å²) >= 11 is 0. The van der Waals surface area contributed by atoms with E-state index in [0.717, 1.165) is 23.0 Å². The first-order valence-corrected chi connectivity index (χ1v) is 8.58. The average Bonchev–Trinajstić information content (AvgIpc) is 3.34. The molecular weight excluding hydrogens is 354 g/mol. The van der Waals surface area contributed by atoms with Crippen LogP contribution in [0.5, 0.6) is 0 Å². The van der Waals surface area contributed by atoms with Crippen molar-refractivity contribution in [3.05, 3.63) is 59.7 Å². The normalized spacial score (nSPS) is 13.9. The zero-order valence-corrected chi connectivity index (χ0v) is 14.8. The topological polar surface area (TPSA) is 67.2 Å². The standard InChI is InChI=1S/C19H20F2N4O2/c1-24(12-16-22-10-11-25(16)19(20)21)17(26)9-4-13-2-5-14(6-3-13)18(27)23-15-7-8-15/h2-6,9-11,15,19H,7-8,12H2,1H3,(H,23,27)/b9-4+. The van der Waals surface area contributed by atoms with Gasteiger partial charge in [-0.05, 0) is 36.6 Å². The van der Waals surface area contributed by atoms with Gasteiger partial charge in [0, 0.05) is 37.1 Å². The number of carbonyl (C=O) groups excluding carboxylic acids is 2. The van der Waals surface area contributed by atoms with Gasteiger partial charge in [0.05, 0.1) is 6.54 Å². The number of benzene rings is 1. The summed E-state index contributed by atoms with van der Waals surface area (Å²) in [5.74, 6) is -0.326. The fourth-order valence-electron chi connectivity index (χ4n) is 2.47. The van der Waals surface area contributed by atoms with Gasteiger partial charge in [0.15, 0.2) is 0 Å². The van der Waals surface area contributed by atoms with Gasteiger partial charge in [-0.1, -0.05) is 12.1 Å². The highest BCUT2D eigenvalue weighted by molar-refractivity contribution is 5.95. The van der Waals surface area contributed by atoms with Crippen LogP contribution in [0.15, 0.2) is 42.7 Å². The number of hydrogen-bond donors (Lipinski definition) is 1. The van der Waals surface area contributed by atoms with Crippen molar-refractivity contribution < 1.29 is 18.4 Å². The molecule has 2 aromatic rings. The Morgan fingerprint density at radius 3 is 2.67 bits per heavy atom. The lowest BCUT2D eigenvalue weighted by molar-refractivity contribution is -0.125. The van der Waals surface area contributed by atoms with E-state index in [2.05, 4.69) is 10.3 Å². The molecular formula is C19H20F2N4O2. The molecule has 8 heteroatoms. The van der Waals surface area contributed by atoms with Crippen LogP contribution in [-0.2, 0) is 11.3 Å². The predicted octanol–water partition coefficient (Wildman–Crippen LogP) is 2.84. The largest absolute Gasteiger partial charge is 0.349 e. The van der Waals surface area contributed by atoms with Crippen LogP contribution in [0.2, 0.25) is 0 Å². The minimum absolute atomic E-state index is 0.0270. The number of rotatable bonds is 7. The first kappa shape index (κ1) is 18.8. The van der Waals surface area contributed by atoms with Gasteiger partial charge in [-0.15, -0.1) is 0 Å². The van der Waals surface area contributed by atoms with Crippen molar-refractivity contribution in [2.24, 2.45) is 0 Å². The monoisotopic (exact) mass is 374 g/mol. The molecule has 1 aliphatic rings. The molecule has 2 amide bonds. The molecule has 1 heterocycles. The summed E-state index contributed by atoms with van der Waals surface area (Å²) in [6.07, 6.45) is 7.47. The van der Waals surface area contributed by atoms with Gasteiger partial charge in [-0.3, -0.25) is 14.2 Å². The van der Waals surface area contributed by atoms with Crippen LogP contribution in [0, 0.1) is 0 Å². The Hall–Kier alpha value is -3.03. The zero-order valence-electron chi connectivity index (χ0n) is 14.8. The summed E-state index contributed by atoms with van der Waals surface area (Å²) in [5.41, 5.74) is 1.33. The summed E-state index contributed by atoms with van der Waals surface area (Å²) in [4.78, 5) is 29.3. The van der Waals surface area contributed by atoms with E-state index >= 15 is 0 Å². The van der Waals surface area contributed by atoms with Gasteiger partial charge >= 0.3 is 6.55 Å². The van der Waals surface area contributed by atoms with E-state index in [0.29, 0.717) is 11.6 Å². The lowest BCUT2D eigenvalue weighted by atomic mass is 10.1. The van der Waals surface area contributed by atoms with Crippen LogP contribution < -0.4 is 5.32 Å². The molecule has 0 bridgehead atoms. The third-order valence-corrected chi connectivity index (χ3v) is 4.22. The van der Waals surface area contributed by atoms with Crippen LogP contribution in [0.1, 0.15) is 41.1 Å². The van der Waals surface area contributed by atoms with E-state index < -0.39 is 6.55 Å². The highest BCUT2D eigenvalue weighted by Gasteiger charge is 2.23. The number of amides is 2. The van der Waals surface area contributed by atoms with E-state index in [9.17, 15) is 18.4 Å². The molecule has 1 aliphatic carbocycles. The second-order valence-electron chi connectivity index (χ2n) is 6.43. The maximum atomic E-state index is 12.8.